The molecule has 94 valence electrons. The first-order valence-corrected chi connectivity index (χ1v) is 6.70. The molecule has 0 bridgehead atoms. The van der Waals surface area contributed by atoms with E-state index < -0.39 is 0 Å². The Morgan fingerprint density at radius 2 is 1.28 bits per heavy atom. The van der Waals surface area contributed by atoms with E-state index in [1.165, 1.54) is 11.1 Å². The SMILES string of the molecule is CCC1=CC=CCC1=NN=C1CC=CC=C1CC. The van der Waals surface area contributed by atoms with E-state index in [1.54, 1.807) is 0 Å². The van der Waals surface area contributed by atoms with Crippen LogP contribution in [-0.2, 0) is 0 Å². The molecule has 0 aliphatic heterocycles. The van der Waals surface area contributed by atoms with Crippen molar-refractivity contribution in [2.75, 3.05) is 0 Å². The summed E-state index contributed by atoms with van der Waals surface area (Å²) in [5.41, 5.74) is 4.82. The van der Waals surface area contributed by atoms with E-state index in [1.807, 2.05) is 0 Å². The number of nitrogens with zero attached hydrogens (tertiary/aromatic N) is 2. The van der Waals surface area contributed by atoms with Gasteiger partial charge in [0.25, 0.3) is 0 Å². The third-order valence-electron chi connectivity index (χ3n) is 3.28. The smallest absolute Gasteiger partial charge is 0.0700 e. The molecule has 0 heterocycles. The number of allylic oxidation sites excluding steroid dienone is 8. The van der Waals surface area contributed by atoms with Gasteiger partial charge in [-0.1, -0.05) is 50.3 Å². The molecule has 0 radical (unpaired) electrons. The summed E-state index contributed by atoms with van der Waals surface area (Å²) in [6, 6.07) is 0. The van der Waals surface area contributed by atoms with Gasteiger partial charge in [-0.3, -0.25) is 0 Å². The van der Waals surface area contributed by atoms with Gasteiger partial charge in [-0.2, -0.15) is 10.2 Å². The fourth-order valence-corrected chi connectivity index (χ4v) is 2.16. The molecule has 0 saturated carbocycles. The molecule has 0 atom stereocenters. The van der Waals surface area contributed by atoms with E-state index in [9.17, 15) is 0 Å². The fourth-order valence-electron chi connectivity index (χ4n) is 2.16. The topological polar surface area (TPSA) is 24.7 Å². The van der Waals surface area contributed by atoms with E-state index in [-0.39, 0.29) is 0 Å². The Kier molecular flexibility index (Phi) is 4.46. The molecule has 0 aromatic carbocycles. The molecule has 0 saturated heterocycles. The monoisotopic (exact) mass is 240 g/mol. The van der Waals surface area contributed by atoms with Gasteiger partial charge < -0.3 is 0 Å². The average Bonchev–Trinajstić information content (AvgIpc) is 2.45. The first-order valence-electron chi connectivity index (χ1n) is 6.70. The largest absolute Gasteiger partial charge is 0.155 e. The Hall–Kier alpha value is -1.70. The van der Waals surface area contributed by atoms with Gasteiger partial charge in [0, 0.05) is 12.8 Å². The van der Waals surface area contributed by atoms with E-state index in [0.717, 1.165) is 37.1 Å². The molecule has 2 heteroatoms. The maximum Gasteiger partial charge on any atom is 0.0700 e. The second-order valence-electron chi connectivity index (χ2n) is 4.45. The molecular formula is C16H20N2. The van der Waals surface area contributed by atoms with Crippen molar-refractivity contribution in [2.24, 2.45) is 10.2 Å². The van der Waals surface area contributed by atoms with E-state index in [4.69, 9.17) is 0 Å². The molecule has 18 heavy (non-hydrogen) atoms. The lowest BCUT2D eigenvalue weighted by atomic mass is 10.00. The first kappa shape index (κ1) is 12.7. The molecule has 0 amide bonds. The van der Waals surface area contributed by atoms with Crippen molar-refractivity contribution in [3.8, 4) is 0 Å². The van der Waals surface area contributed by atoms with Crippen molar-refractivity contribution in [3.63, 3.8) is 0 Å². The lowest BCUT2D eigenvalue weighted by Crippen LogP contribution is -2.06. The van der Waals surface area contributed by atoms with Crippen LogP contribution in [0.4, 0.5) is 0 Å². The van der Waals surface area contributed by atoms with Crippen LogP contribution >= 0.6 is 0 Å². The van der Waals surface area contributed by atoms with Crippen molar-refractivity contribution in [3.05, 3.63) is 47.6 Å². The highest BCUT2D eigenvalue weighted by Gasteiger charge is 2.09. The van der Waals surface area contributed by atoms with Crippen LogP contribution in [0.3, 0.4) is 0 Å². The molecule has 2 aliphatic carbocycles. The van der Waals surface area contributed by atoms with E-state index in [2.05, 4.69) is 60.5 Å². The second kappa shape index (κ2) is 6.29. The quantitative estimate of drug-likeness (QED) is 0.654. The summed E-state index contributed by atoms with van der Waals surface area (Å²) in [7, 11) is 0. The van der Waals surface area contributed by atoms with Crippen LogP contribution in [0.5, 0.6) is 0 Å². The summed E-state index contributed by atoms with van der Waals surface area (Å²) < 4.78 is 0. The highest BCUT2D eigenvalue weighted by molar-refractivity contribution is 6.05. The highest BCUT2D eigenvalue weighted by atomic mass is 15.2. The Morgan fingerprint density at radius 1 is 0.833 bits per heavy atom. The van der Waals surface area contributed by atoms with Crippen molar-refractivity contribution in [2.45, 2.75) is 39.5 Å². The number of hydrogen-bond donors (Lipinski definition) is 0. The predicted molar refractivity (Wildman–Crippen MR) is 79.1 cm³/mol. The summed E-state index contributed by atoms with van der Waals surface area (Å²) in [5.74, 6) is 0. The van der Waals surface area contributed by atoms with Gasteiger partial charge in [0.15, 0.2) is 0 Å². The summed E-state index contributed by atoms with van der Waals surface area (Å²) in [6.07, 6.45) is 16.6. The fraction of sp³-hybridized carbons (Fsp3) is 0.375. The number of rotatable bonds is 3. The maximum absolute atomic E-state index is 4.47. The van der Waals surface area contributed by atoms with Crippen molar-refractivity contribution >= 4 is 11.4 Å². The average molecular weight is 240 g/mol. The molecule has 2 nitrogen and oxygen atoms in total. The minimum atomic E-state index is 0.900. The molecule has 2 aliphatic rings. The van der Waals surface area contributed by atoms with Crippen LogP contribution in [0.1, 0.15) is 39.5 Å². The van der Waals surface area contributed by atoms with E-state index in [0.29, 0.717) is 0 Å². The molecule has 2 rings (SSSR count). The summed E-state index contributed by atoms with van der Waals surface area (Å²) in [4.78, 5) is 0. The third-order valence-corrected chi connectivity index (χ3v) is 3.28. The predicted octanol–water partition coefficient (Wildman–Crippen LogP) is 4.38. The van der Waals surface area contributed by atoms with Gasteiger partial charge in [-0.25, -0.2) is 0 Å². The van der Waals surface area contributed by atoms with Gasteiger partial charge in [0.1, 0.15) is 0 Å². The van der Waals surface area contributed by atoms with Gasteiger partial charge >= 0.3 is 0 Å². The second-order valence-corrected chi connectivity index (χ2v) is 4.45. The van der Waals surface area contributed by atoms with Crippen molar-refractivity contribution < 1.29 is 0 Å². The summed E-state index contributed by atoms with van der Waals surface area (Å²) in [5, 5.41) is 8.94. The molecule has 0 spiro atoms. The summed E-state index contributed by atoms with van der Waals surface area (Å²) >= 11 is 0. The zero-order valence-electron chi connectivity index (χ0n) is 11.2. The Balaban J connectivity index is 2.19. The molecule has 0 N–H and O–H groups in total. The normalized spacial score (nSPS) is 23.4. The maximum atomic E-state index is 4.47. The van der Waals surface area contributed by atoms with Crippen LogP contribution in [0, 0.1) is 0 Å². The van der Waals surface area contributed by atoms with E-state index >= 15 is 0 Å². The van der Waals surface area contributed by atoms with Gasteiger partial charge in [-0.15, -0.1) is 0 Å². The van der Waals surface area contributed by atoms with Gasteiger partial charge in [-0.05, 0) is 24.0 Å². The van der Waals surface area contributed by atoms with Crippen LogP contribution < -0.4 is 0 Å². The van der Waals surface area contributed by atoms with Gasteiger partial charge in [0.2, 0.25) is 0 Å². The molecule has 0 aromatic rings. The van der Waals surface area contributed by atoms with Crippen molar-refractivity contribution in [1.82, 2.24) is 0 Å². The zero-order chi connectivity index (χ0) is 12.8. The molecule has 0 unspecified atom stereocenters. The standard InChI is InChI=1S/C16H20N2/c1-3-13-9-5-7-11-15(13)17-18-16-12-8-6-10-14(16)4-2/h5-10H,3-4,11-12H2,1-2H3. The molecule has 0 fully saturated rings. The molecule has 0 aromatic heterocycles. The third kappa shape index (κ3) is 2.95. The Labute approximate surface area is 109 Å². The van der Waals surface area contributed by atoms with Gasteiger partial charge in [0.05, 0.1) is 11.4 Å². The van der Waals surface area contributed by atoms with Crippen LogP contribution in [0.2, 0.25) is 0 Å². The summed E-state index contributed by atoms with van der Waals surface area (Å²) in [6.45, 7) is 4.32. The first-order chi connectivity index (χ1) is 8.85. The Bertz CT molecular complexity index is 439. The minimum absolute atomic E-state index is 0.900. The minimum Gasteiger partial charge on any atom is -0.155 e. The van der Waals surface area contributed by atoms with Crippen LogP contribution in [0.15, 0.2) is 57.8 Å². The molecular weight excluding hydrogens is 220 g/mol. The van der Waals surface area contributed by atoms with Crippen molar-refractivity contribution in [1.29, 1.82) is 0 Å². The van der Waals surface area contributed by atoms with Crippen LogP contribution in [0.25, 0.3) is 0 Å². The van der Waals surface area contributed by atoms with Crippen LogP contribution in [-0.4, -0.2) is 11.4 Å². The zero-order valence-corrected chi connectivity index (χ0v) is 11.2. The highest BCUT2D eigenvalue weighted by Crippen LogP contribution is 2.16. The number of hydrogen-bond acceptors (Lipinski definition) is 2. The Morgan fingerprint density at radius 3 is 1.67 bits per heavy atom. The lowest BCUT2D eigenvalue weighted by molar-refractivity contribution is 1.09. The lowest BCUT2D eigenvalue weighted by Gasteiger charge is -2.11.